The molecule has 1 aromatic rings. The van der Waals surface area contributed by atoms with Crippen LogP contribution in [0.1, 0.15) is 43.0 Å². The van der Waals surface area contributed by atoms with Crippen molar-refractivity contribution in [3.8, 4) is 0 Å². The predicted molar refractivity (Wildman–Crippen MR) is 108 cm³/mol. The highest BCUT2D eigenvalue weighted by Crippen LogP contribution is 2.27. The Balaban J connectivity index is 1.37. The van der Waals surface area contributed by atoms with E-state index in [2.05, 4.69) is 6.92 Å². The van der Waals surface area contributed by atoms with E-state index in [1.54, 1.807) is 28.6 Å². The summed E-state index contributed by atoms with van der Waals surface area (Å²) in [6.45, 7) is 5.91. The van der Waals surface area contributed by atoms with Gasteiger partial charge < -0.3 is 14.4 Å². The van der Waals surface area contributed by atoms with Crippen LogP contribution in [0.3, 0.4) is 0 Å². The fourth-order valence-corrected chi connectivity index (χ4v) is 5.82. The summed E-state index contributed by atoms with van der Waals surface area (Å²) < 4.78 is 38.4. The minimum Gasteiger partial charge on any atom is -0.350 e. The van der Waals surface area contributed by atoms with Crippen molar-refractivity contribution in [2.24, 2.45) is 11.8 Å². The second-order valence-electron chi connectivity index (χ2n) is 8.35. The normalized spacial score (nSPS) is 23.6. The molecule has 3 saturated heterocycles. The lowest BCUT2D eigenvalue weighted by molar-refractivity contribution is -0.0956. The number of hydrogen-bond donors (Lipinski definition) is 0. The summed E-state index contributed by atoms with van der Waals surface area (Å²) >= 11 is 0. The predicted octanol–water partition coefficient (Wildman–Crippen LogP) is 2.33. The van der Waals surface area contributed by atoms with E-state index in [1.165, 1.54) is 0 Å². The maximum Gasteiger partial charge on any atom is 0.253 e. The topological polar surface area (TPSA) is 76.2 Å². The number of carbonyl (C=O) groups is 1. The van der Waals surface area contributed by atoms with Crippen molar-refractivity contribution in [2.45, 2.75) is 43.8 Å². The number of carbonyl (C=O) groups excluding carboxylic acids is 1. The van der Waals surface area contributed by atoms with Gasteiger partial charge >= 0.3 is 0 Å². The van der Waals surface area contributed by atoms with E-state index >= 15 is 0 Å². The van der Waals surface area contributed by atoms with Gasteiger partial charge in [0.15, 0.2) is 6.29 Å². The number of piperidine rings is 2. The Hall–Kier alpha value is -1.48. The van der Waals surface area contributed by atoms with Crippen LogP contribution in [0.25, 0.3) is 0 Å². The first kappa shape index (κ1) is 20.8. The number of sulfonamides is 1. The van der Waals surface area contributed by atoms with Gasteiger partial charge in [-0.05, 0) is 55.9 Å². The number of rotatable bonds is 4. The molecule has 0 bridgehead atoms. The molecule has 0 radical (unpaired) electrons. The summed E-state index contributed by atoms with van der Waals surface area (Å²) in [5, 5.41) is 0. The Morgan fingerprint density at radius 3 is 2.10 bits per heavy atom. The van der Waals surface area contributed by atoms with Crippen LogP contribution in [-0.2, 0) is 19.5 Å². The van der Waals surface area contributed by atoms with Crippen molar-refractivity contribution < 1.29 is 22.7 Å². The lowest BCUT2D eigenvalue weighted by Gasteiger charge is -2.34. The Labute approximate surface area is 173 Å². The van der Waals surface area contributed by atoms with Gasteiger partial charge in [-0.25, -0.2) is 8.42 Å². The summed E-state index contributed by atoms with van der Waals surface area (Å²) in [6.07, 6.45) is 3.37. The quantitative estimate of drug-likeness (QED) is 0.744. The van der Waals surface area contributed by atoms with Crippen LogP contribution in [0.15, 0.2) is 29.2 Å². The largest absolute Gasteiger partial charge is 0.350 e. The van der Waals surface area contributed by atoms with E-state index in [0.29, 0.717) is 56.8 Å². The van der Waals surface area contributed by atoms with Crippen molar-refractivity contribution in [3.63, 3.8) is 0 Å². The van der Waals surface area contributed by atoms with Gasteiger partial charge in [-0.15, -0.1) is 0 Å². The molecule has 29 heavy (non-hydrogen) atoms. The van der Waals surface area contributed by atoms with Gasteiger partial charge in [0.1, 0.15) is 0 Å². The molecule has 0 N–H and O–H groups in total. The fraction of sp³-hybridized carbons (Fsp3) is 0.667. The molecular weight excluding hydrogens is 392 g/mol. The van der Waals surface area contributed by atoms with E-state index in [0.717, 1.165) is 25.7 Å². The standard InChI is InChI=1S/C21H30N2O5S/c1-16-6-12-23(13-7-16)29(25,26)19-4-2-17(3-5-19)20(24)22-10-8-18(9-11-22)21-27-14-15-28-21/h2-5,16,18,21H,6-15H2,1H3. The monoisotopic (exact) mass is 422 g/mol. The van der Waals surface area contributed by atoms with Crippen LogP contribution in [0.4, 0.5) is 0 Å². The molecule has 0 atom stereocenters. The van der Waals surface area contributed by atoms with Crippen LogP contribution < -0.4 is 0 Å². The SMILES string of the molecule is CC1CCN(S(=O)(=O)c2ccc(C(=O)N3CCC(C4OCCO4)CC3)cc2)CC1. The summed E-state index contributed by atoms with van der Waals surface area (Å²) in [4.78, 5) is 14.9. The number of likely N-dealkylation sites (tertiary alicyclic amines) is 1. The number of nitrogens with zero attached hydrogens (tertiary/aromatic N) is 2. The number of benzene rings is 1. The van der Waals surface area contributed by atoms with E-state index < -0.39 is 10.0 Å². The molecule has 4 rings (SSSR count). The molecule has 1 aromatic carbocycles. The zero-order valence-corrected chi connectivity index (χ0v) is 17.8. The van der Waals surface area contributed by atoms with Gasteiger partial charge in [-0.1, -0.05) is 6.92 Å². The molecule has 0 aromatic heterocycles. The van der Waals surface area contributed by atoms with Crippen LogP contribution in [0.2, 0.25) is 0 Å². The molecule has 3 fully saturated rings. The molecule has 3 heterocycles. The Bertz CT molecular complexity index is 804. The number of amides is 1. The molecule has 1 amide bonds. The summed E-state index contributed by atoms with van der Waals surface area (Å²) in [5.41, 5.74) is 0.531. The molecule has 0 unspecified atom stereocenters. The zero-order valence-electron chi connectivity index (χ0n) is 17.0. The Kier molecular flexibility index (Phi) is 6.24. The minimum absolute atomic E-state index is 0.0487. The van der Waals surface area contributed by atoms with E-state index in [-0.39, 0.29) is 17.1 Å². The molecule has 0 spiro atoms. The maximum atomic E-state index is 12.8. The molecular formula is C21H30N2O5S. The third kappa shape index (κ3) is 4.50. The molecule has 8 heteroatoms. The second kappa shape index (κ2) is 8.71. The van der Waals surface area contributed by atoms with Crippen LogP contribution in [0, 0.1) is 11.8 Å². The van der Waals surface area contributed by atoms with Crippen molar-refractivity contribution in [1.82, 2.24) is 9.21 Å². The average molecular weight is 423 g/mol. The van der Waals surface area contributed by atoms with E-state index in [4.69, 9.17) is 9.47 Å². The summed E-state index contributed by atoms with van der Waals surface area (Å²) in [6, 6.07) is 6.40. The highest BCUT2D eigenvalue weighted by molar-refractivity contribution is 7.89. The highest BCUT2D eigenvalue weighted by atomic mass is 32.2. The number of ether oxygens (including phenoxy) is 2. The molecule has 0 aliphatic carbocycles. The van der Waals surface area contributed by atoms with Gasteiger partial charge in [0.25, 0.3) is 5.91 Å². The summed E-state index contributed by atoms with van der Waals surface area (Å²) in [7, 11) is -3.49. The van der Waals surface area contributed by atoms with Gasteiger partial charge in [-0.3, -0.25) is 4.79 Å². The van der Waals surface area contributed by atoms with Crippen molar-refractivity contribution in [3.05, 3.63) is 29.8 Å². The van der Waals surface area contributed by atoms with Crippen molar-refractivity contribution in [2.75, 3.05) is 39.4 Å². The zero-order chi connectivity index (χ0) is 20.4. The lowest BCUT2D eigenvalue weighted by Crippen LogP contribution is -2.41. The van der Waals surface area contributed by atoms with Crippen LogP contribution >= 0.6 is 0 Å². The van der Waals surface area contributed by atoms with E-state index in [1.807, 2.05) is 4.90 Å². The smallest absolute Gasteiger partial charge is 0.253 e. The van der Waals surface area contributed by atoms with Gasteiger partial charge in [-0.2, -0.15) is 4.31 Å². The molecule has 0 saturated carbocycles. The fourth-order valence-electron chi connectivity index (χ4n) is 4.35. The minimum atomic E-state index is -3.49. The van der Waals surface area contributed by atoms with Crippen LogP contribution in [0.5, 0.6) is 0 Å². The Morgan fingerprint density at radius 1 is 0.931 bits per heavy atom. The van der Waals surface area contributed by atoms with Crippen molar-refractivity contribution in [1.29, 1.82) is 0 Å². The third-order valence-electron chi connectivity index (χ3n) is 6.34. The first-order valence-electron chi connectivity index (χ1n) is 10.6. The van der Waals surface area contributed by atoms with Gasteiger partial charge in [0, 0.05) is 37.7 Å². The lowest BCUT2D eigenvalue weighted by atomic mass is 9.95. The summed E-state index contributed by atoms with van der Waals surface area (Å²) in [5.74, 6) is 0.853. The molecule has 3 aliphatic heterocycles. The van der Waals surface area contributed by atoms with Crippen LogP contribution in [-0.4, -0.2) is 69.2 Å². The third-order valence-corrected chi connectivity index (χ3v) is 8.25. The first-order valence-corrected chi connectivity index (χ1v) is 12.0. The maximum absolute atomic E-state index is 12.8. The van der Waals surface area contributed by atoms with E-state index in [9.17, 15) is 13.2 Å². The number of hydrogen-bond acceptors (Lipinski definition) is 5. The average Bonchev–Trinajstić information content (AvgIpc) is 3.29. The molecule has 160 valence electrons. The first-order chi connectivity index (χ1) is 13.9. The molecule has 7 nitrogen and oxygen atoms in total. The Morgan fingerprint density at radius 2 is 1.52 bits per heavy atom. The van der Waals surface area contributed by atoms with Gasteiger partial charge in [0.2, 0.25) is 10.0 Å². The highest BCUT2D eigenvalue weighted by Gasteiger charge is 2.32. The molecule has 3 aliphatic rings. The van der Waals surface area contributed by atoms with Gasteiger partial charge in [0.05, 0.1) is 18.1 Å². The second-order valence-corrected chi connectivity index (χ2v) is 10.3. The van der Waals surface area contributed by atoms with Crippen molar-refractivity contribution >= 4 is 15.9 Å².